The SMILES string of the molecule is [CH]NC(=O)N(C)C1CC2CCC1O2. The van der Waals surface area contributed by atoms with Gasteiger partial charge in [0.15, 0.2) is 0 Å². The van der Waals surface area contributed by atoms with Crippen LogP contribution < -0.4 is 5.32 Å². The maximum absolute atomic E-state index is 11.2. The van der Waals surface area contributed by atoms with Crippen molar-refractivity contribution in [2.45, 2.75) is 37.5 Å². The molecule has 0 aromatic rings. The van der Waals surface area contributed by atoms with Crippen molar-refractivity contribution in [2.24, 2.45) is 0 Å². The maximum Gasteiger partial charge on any atom is 0.317 e. The van der Waals surface area contributed by atoms with Crippen molar-refractivity contribution in [1.29, 1.82) is 0 Å². The van der Waals surface area contributed by atoms with Gasteiger partial charge in [0.25, 0.3) is 0 Å². The summed E-state index contributed by atoms with van der Waals surface area (Å²) in [6.07, 6.45) is 3.75. The van der Waals surface area contributed by atoms with E-state index in [1.165, 1.54) is 0 Å². The maximum atomic E-state index is 11.2. The molecule has 0 aliphatic carbocycles. The number of ether oxygens (including phenoxy) is 1. The summed E-state index contributed by atoms with van der Waals surface area (Å²) in [5.41, 5.74) is 0. The third-order valence-corrected chi connectivity index (χ3v) is 3.02. The number of amides is 2. The van der Waals surface area contributed by atoms with Gasteiger partial charge in [0.1, 0.15) is 0 Å². The summed E-state index contributed by atoms with van der Waals surface area (Å²) >= 11 is 0. The van der Waals surface area contributed by atoms with Gasteiger partial charge in [0, 0.05) is 7.05 Å². The largest absolute Gasteiger partial charge is 0.373 e. The minimum absolute atomic E-state index is 0.210. The second kappa shape index (κ2) is 3.18. The lowest BCUT2D eigenvalue weighted by Gasteiger charge is -2.28. The average molecular weight is 182 g/mol. The van der Waals surface area contributed by atoms with Gasteiger partial charge in [0.2, 0.25) is 0 Å². The Morgan fingerprint density at radius 1 is 1.62 bits per heavy atom. The summed E-state index contributed by atoms with van der Waals surface area (Å²) < 4.78 is 5.64. The van der Waals surface area contributed by atoms with Crippen molar-refractivity contribution < 1.29 is 9.53 Å². The van der Waals surface area contributed by atoms with Crippen molar-refractivity contribution in [2.75, 3.05) is 7.05 Å². The molecule has 2 radical (unpaired) electrons. The van der Waals surface area contributed by atoms with E-state index in [0.717, 1.165) is 19.3 Å². The van der Waals surface area contributed by atoms with E-state index in [4.69, 9.17) is 11.8 Å². The molecule has 2 rings (SSSR count). The molecule has 2 fully saturated rings. The van der Waals surface area contributed by atoms with Crippen LogP contribution in [0.25, 0.3) is 0 Å². The molecular formula is C9H14N2O2. The summed E-state index contributed by atoms with van der Waals surface area (Å²) in [5, 5.41) is 2.13. The molecule has 0 spiro atoms. The number of nitrogens with zero attached hydrogens (tertiary/aromatic N) is 1. The Labute approximate surface area is 78.2 Å². The molecule has 2 aliphatic rings. The second-order valence-electron chi connectivity index (χ2n) is 3.74. The number of likely N-dealkylation sites (N-methyl/N-ethyl adjacent to an activating group) is 1. The fourth-order valence-electron chi connectivity index (χ4n) is 2.27. The van der Waals surface area contributed by atoms with Gasteiger partial charge in [-0.15, -0.1) is 0 Å². The zero-order chi connectivity index (χ0) is 9.42. The predicted molar refractivity (Wildman–Crippen MR) is 46.9 cm³/mol. The summed E-state index contributed by atoms with van der Waals surface area (Å²) in [7, 11) is 6.82. The minimum Gasteiger partial charge on any atom is -0.373 e. The molecule has 2 heterocycles. The van der Waals surface area contributed by atoms with E-state index in [0.29, 0.717) is 6.10 Å². The Morgan fingerprint density at radius 3 is 2.85 bits per heavy atom. The highest BCUT2D eigenvalue weighted by Gasteiger charge is 2.43. The molecule has 2 aliphatic heterocycles. The van der Waals surface area contributed by atoms with Gasteiger partial charge in [-0.1, -0.05) is 0 Å². The Bertz CT molecular complexity index is 220. The quantitative estimate of drug-likeness (QED) is 0.604. The molecule has 72 valence electrons. The highest BCUT2D eigenvalue weighted by Crippen LogP contribution is 2.36. The predicted octanol–water partition coefficient (Wildman–Crippen LogP) is 0.616. The van der Waals surface area contributed by atoms with Crippen LogP contribution in [0, 0.1) is 7.05 Å². The fraction of sp³-hybridized carbons (Fsp3) is 0.778. The third kappa shape index (κ3) is 1.39. The molecule has 13 heavy (non-hydrogen) atoms. The van der Waals surface area contributed by atoms with E-state index in [1.54, 1.807) is 11.9 Å². The Kier molecular flexibility index (Phi) is 2.15. The lowest BCUT2D eigenvalue weighted by Crippen LogP contribution is -2.46. The first-order valence-corrected chi connectivity index (χ1v) is 4.61. The Hall–Kier alpha value is -0.770. The fourth-order valence-corrected chi connectivity index (χ4v) is 2.27. The van der Waals surface area contributed by atoms with Crippen LogP contribution in [0.1, 0.15) is 19.3 Å². The molecule has 4 heteroatoms. The molecular weight excluding hydrogens is 168 g/mol. The first-order chi connectivity index (χ1) is 6.22. The number of carbonyl (C=O) groups excluding carboxylic acids is 1. The molecule has 2 bridgehead atoms. The standard InChI is InChI=1S/C9H14N2O2/c1-10-9(12)11(2)7-5-6-3-4-8(7)13-6/h1,6-8H,3-5H2,2H3,(H,10,12). The van der Waals surface area contributed by atoms with Crippen LogP contribution in [-0.2, 0) is 4.74 Å². The van der Waals surface area contributed by atoms with Crippen LogP contribution in [0.15, 0.2) is 0 Å². The van der Waals surface area contributed by atoms with Crippen LogP contribution in [0.3, 0.4) is 0 Å². The molecule has 0 saturated carbocycles. The highest BCUT2D eigenvalue weighted by atomic mass is 16.5. The Morgan fingerprint density at radius 2 is 2.38 bits per heavy atom. The molecule has 0 aromatic carbocycles. The number of hydrogen-bond acceptors (Lipinski definition) is 2. The zero-order valence-corrected chi connectivity index (χ0v) is 7.69. The van der Waals surface area contributed by atoms with Crippen molar-refractivity contribution in [1.82, 2.24) is 10.2 Å². The lowest BCUT2D eigenvalue weighted by molar-refractivity contribution is 0.0833. The lowest BCUT2D eigenvalue weighted by atomic mass is 9.95. The first-order valence-electron chi connectivity index (χ1n) is 4.61. The van der Waals surface area contributed by atoms with E-state index in [9.17, 15) is 4.79 Å². The second-order valence-corrected chi connectivity index (χ2v) is 3.74. The topological polar surface area (TPSA) is 41.6 Å². The Balaban J connectivity index is 1.98. The molecule has 4 nitrogen and oxygen atoms in total. The number of hydrogen-bond donors (Lipinski definition) is 1. The van der Waals surface area contributed by atoms with Crippen molar-refractivity contribution in [3.8, 4) is 0 Å². The van der Waals surface area contributed by atoms with Gasteiger partial charge < -0.3 is 15.0 Å². The number of fused-ring (bicyclic) bond motifs is 2. The normalized spacial score (nSPS) is 36.3. The molecule has 3 atom stereocenters. The molecule has 2 amide bonds. The first kappa shape index (κ1) is 8.81. The highest BCUT2D eigenvalue weighted by molar-refractivity contribution is 5.74. The van der Waals surface area contributed by atoms with Gasteiger partial charge in [0.05, 0.1) is 25.3 Å². The molecule has 2 saturated heterocycles. The average Bonchev–Trinajstić information content (AvgIpc) is 2.76. The summed E-state index contributed by atoms with van der Waals surface area (Å²) in [6.45, 7) is 0. The smallest absolute Gasteiger partial charge is 0.317 e. The van der Waals surface area contributed by atoms with Crippen LogP contribution in [0.5, 0.6) is 0 Å². The van der Waals surface area contributed by atoms with Crippen molar-refractivity contribution in [3.05, 3.63) is 7.05 Å². The van der Waals surface area contributed by atoms with Gasteiger partial charge in [-0.3, -0.25) is 0 Å². The number of nitrogens with one attached hydrogen (secondary N) is 1. The van der Waals surface area contributed by atoms with Gasteiger partial charge in [-0.25, -0.2) is 4.79 Å². The van der Waals surface area contributed by atoms with E-state index >= 15 is 0 Å². The number of urea groups is 1. The van der Waals surface area contributed by atoms with Crippen LogP contribution in [0.4, 0.5) is 4.79 Å². The van der Waals surface area contributed by atoms with Gasteiger partial charge in [-0.05, 0) is 19.3 Å². The van der Waals surface area contributed by atoms with Gasteiger partial charge >= 0.3 is 6.03 Å². The molecule has 3 unspecified atom stereocenters. The van der Waals surface area contributed by atoms with E-state index < -0.39 is 0 Å². The van der Waals surface area contributed by atoms with Crippen molar-refractivity contribution >= 4 is 6.03 Å². The molecule has 1 N–H and O–H groups in total. The van der Waals surface area contributed by atoms with E-state index in [-0.39, 0.29) is 18.2 Å². The number of carbonyl (C=O) groups is 1. The third-order valence-electron chi connectivity index (χ3n) is 3.02. The minimum atomic E-state index is -0.235. The van der Waals surface area contributed by atoms with E-state index in [1.807, 2.05) is 0 Å². The monoisotopic (exact) mass is 182 g/mol. The van der Waals surface area contributed by atoms with Crippen LogP contribution in [0.2, 0.25) is 0 Å². The molecule has 0 aromatic heterocycles. The number of rotatable bonds is 1. The van der Waals surface area contributed by atoms with Crippen molar-refractivity contribution in [3.63, 3.8) is 0 Å². The summed E-state index contributed by atoms with van der Waals surface area (Å²) in [4.78, 5) is 12.9. The van der Waals surface area contributed by atoms with Crippen LogP contribution in [-0.4, -0.2) is 36.2 Å². The van der Waals surface area contributed by atoms with E-state index in [2.05, 4.69) is 5.32 Å². The summed E-state index contributed by atoms with van der Waals surface area (Å²) in [6, 6.07) is -0.0246. The van der Waals surface area contributed by atoms with Gasteiger partial charge in [-0.2, -0.15) is 0 Å². The van der Waals surface area contributed by atoms with Crippen LogP contribution >= 0.6 is 0 Å². The zero-order valence-electron chi connectivity index (χ0n) is 7.69. The summed E-state index contributed by atoms with van der Waals surface area (Å²) in [5.74, 6) is 0.